The van der Waals surface area contributed by atoms with Crippen LogP contribution in [0.25, 0.3) is 6.08 Å². The Bertz CT molecular complexity index is 1390. The van der Waals surface area contributed by atoms with Crippen LogP contribution in [0.4, 0.5) is 0 Å². The van der Waals surface area contributed by atoms with E-state index in [1.807, 2.05) is 78.7 Å². The van der Waals surface area contributed by atoms with Crippen molar-refractivity contribution >= 4 is 12.0 Å². The van der Waals surface area contributed by atoms with Gasteiger partial charge in [-0.3, -0.25) is 9.69 Å². The summed E-state index contributed by atoms with van der Waals surface area (Å²) in [5.41, 5.74) is 4.71. The van der Waals surface area contributed by atoms with Crippen LogP contribution >= 0.6 is 0 Å². The molecule has 0 aromatic heterocycles. The summed E-state index contributed by atoms with van der Waals surface area (Å²) in [4.78, 5) is 17.8. The molecule has 1 N–H and O–H groups in total. The maximum Gasteiger partial charge on any atom is 0.246 e. The molecule has 39 heavy (non-hydrogen) atoms. The van der Waals surface area contributed by atoms with E-state index in [0.29, 0.717) is 18.5 Å². The predicted molar refractivity (Wildman–Crippen MR) is 152 cm³/mol. The van der Waals surface area contributed by atoms with Crippen LogP contribution in [0.2, 0.25) is 0 Å². The van der Waals surface area contributed by atoms with Gasteiger partial charge in [-0.05, 0) is 67.0 Å². The molecule has 2 aliphatic carbocycles. The number of amides is 1. The summed E-state index contributed by atoms with van der Waals surface area (Å²) in [6.07, 6.45) is 7.02. The third kappa shape index (κ3) is 3.94. The Morgan fingerprint density at radius 1 is 1.08 bits per heavy atom. The van der Waals surface area contributed by atoms with Gasteiger partial charge in [0.25, 0.3) is 0 Å². The number of nitrogens with zero attached hydrogens (tertiary/aromatic N) is 2. The zero-order chi connectivity index (χ0) is 26.6. The Hall–Kier alpha value is -3.41. The van der Waals surface area contributed by atoms with Crippen LogP contribution in [0.1, 0.15) is 47.6 Å². The third-order valence-electron chi connectivity index (χ3n) is 9.95. The number of hydrogen-bond acceptors (Lipinski definition) is 4. The van der Waals surface area contributed by atoms with E-state index in [-0.39, 0.29) is 23.5 Å². The number of benzene rings is 3. The number of β-amino-alcohol motifs (C(OH)–C–C–N with tert-alkyl or cyclic N) is 1. The average molecular weight is 521 g/mol. The predicted octanol–water partition coefficient (Wildman–Crippen LogP) is 5.00. The molecule has 1 saturated carbocycles. The molecule has 3 aromatic rings. The monoisotopic (exact) mass is 520 g/mol. The van der Waals surface area contributed by atoms with Crippen molar-refractivity contribution in [3.05, 3.63) is 107 Å². The van der Waals surface area contributed by atoms with Crippen molar-refractivity contribution in [2.75, 3.05) is 20.1 Å². The Morgan fingerprint density at radius 2 is 1.85 bits per heavy atom. The lowest BCUT2D eigenvalue weighted by atomic mass is 9.51. The van der Waals surface area contributed by atoms with E-state index in [2.05, 4.69) is 23.1 Å². The molecule has 200 valence electrons. The fourth-order valence-corrected chi connectivity index (χ4v) is 8.21. The molecule has 3 aromatic carbocycles. The molecule has 5 nitrogen and oxygen atoms in total. The minimum absolute atomic E-state index is 0.0225. The minimum Gasteiger partial charge on any atom is -0.487 e. The van der Waals surface area contributed by atoms with Crippen molar-refractivity contribution in [3.8, 4) is 5.75 Å². The second-order valence-corrected chi connectivity index (χ2v) is 11.8. The largest absolute Gasteiger partial charge is 0.487 e. The molecular weight excluding hydrogens is 484 g/mol. The molecule has 1 spiro atoms. The quantitative estimate of drug-likeness (QED) is 0.465. The van der Waals surface area contributed by atoms with E-state index < -0.39 is 6.10 Å². The van der Waals surface area contributed by atoms with Crippen molar-refractivity contribution in [2.24, 2.45) is 5.92 Å². The van der Waals surface area contributed by atoms with Gasteiger partial charge < -0.3 is 14.7 Å². The van der Waals surface area contributed by atoms with E-state index in [1.54, 1.807) is 6.08 Å². The fraction of sp³-hybridized carbons (Fsp3) is 0.382. The summed E-state index contributed by atoms with van der Waals surface area (Å²) in [5, 5.41) is 11.1. The number of ether oxygens (including phenoxy) is 1. The summed E-state index contributed by atoms with van der Waals surface area (Å²) in [6.45, 7) is 1.57. The van der Waals surface area contributed by atoms with Gasteiger partial charge in [-0.15, -0.1) is 0 Å². The maximum atomic E-state index is 13.4. The molecule has 2 heterocycles. The highest BCUT2D eigenvalue weighted by Gasteiger charge is 2.65. The van der Waals surface area contributed by atoms with Gasteiger partial charge in [0.15, 0.2) is 0 Å². The number of aliphatic hydroxyl groups excluding tert-OH is 1. The molecule has 4 aliphatic rings. The van der Waals surface area contributed by atoms with Gasteiger partial charge in [-0.1, -0.05) is 72.8 Å². The summed E-state index contributed by atoms with van der Waals surface area (Å²) in [6, 6.07) is 26.9. The highest BCUT2D eigenvalue weighted by Crippen LogP contribution is 2.62. The molecule has 2 fully saturated rings. The number of hydrogen-bond donors (Lipinski definition) is 1. The van der Waals surface area contributed by atoms with Crippen molar-refractivity contribution in [3.63, 3.8) is 0 Å². The zero-order valence-electron chi connectivity index (χ0n) is 22.4. The summed E-state index contributed by atoms with van der Waals surface area (Å²) >= 11 is 0. The molecule has 2 aliphatic heterocycles. The van der Waals surface area contributed by atoms with Crippen LogP contribution in [0, 0.1) is 5.92 Å². The van der Waals surface area contributed by atoms with Gasteiger partial charge in [0, 0.05) is 36.7 Å². The first-order valence-corrected chi connectivity index (χ1v) is 14.3. The molecule has 1 saturated heterocycles. The third-order valence-corrected chi connectivity index (χ3v) is 9.95. The number of carbonyl (C=O) groups is 1. The van der Waals surface area contributed by atoms with Crippen molar-refractivity contribution in [2.45, 2.75) is 55.4 Å². The highest BCUT2D eigenvalue weighted by molar-refractivity contribution is 5.92. The van der Waals surface area contributed by atoms with Crippen LogP contribution in [-0.2, 0) is 16.6 Å². The van der Waals surface area contributed by atoms with Gasteiger partial charge in [0.1, 0.15) is 11.9 Å². The lowest BCUT2D eigenvalue weighted by molar-refractivity contribution is -0.135. The number of rotatable bonds is 6. The van der Waals surface area contributed by atoms with E-state index in [9.17, 15) is 9.90 Å². The second-order valence-electron chi connectivity index (χ2n) is 11.8. The van der Waals surface area contributed by atoms with Crippen molar-refractivity contribution < 1.29 is 14.6 Å². The Balaban J connectivity index is 1.18. The molecule has 0 radical (unpaired) electrons. The van der Waals surface area contributed by atoms with Gasteiger partial charge in [-0.25, -0.2) is 0 Å². The first-order chi connectivity index (χ1) is 19.1. The normalized spacial score (nSPS) is 29.5. The molecule has 6 atom stereocenters. The standard InChI is InChI=1S/C34H36N2O3/c1-35(31(38)18-15-23-9-4-2-5-10-23)27-17-16-26-28-21-25-13-8-14-30-32(25)34(26,33(27)39-30)19-20-36(28)22-29(37)24-11-6-3-7-12-24/h2-15,18,26-29,33,37H,16-17,19-22H2,1H3/t26-,27+,28+,29?,33-,34-/m0/s1. The van der Waals surface area contributed by atoms with Crippen LogP contribution in [-0.4, -0.2) is 59.1 Å². The second kappa shape index (κ2) is 9.65. The molecule has 5 heteroatoms. The van der Waals surface area contributed by atoms with E-state index in [1.165, 1.54) is 11.1 Å². The number of likely N-dealkylation sites (tertiary alicyclic amines) is 1. The van der Waals surface area contributed by atoms with E-state index in [4.69, 9.17) is 4.74 Å². The Morgan fingerprint density at radius 3 is 2.64 bits per heavy atom. The van der Waals surface area contributed by atoms with Crippen LogP contribution in [0.5, 0.6) is 5.75 Å². The van der Waals surface area contributed by atoms with Gasteiger partial charge in [0.05, 0.1) is 12.1 Å². The van der Waals surface area contributed by atoms with E-state index >= 15 is 0 Å². The average Bonchev–Trinajstić information content (AvgIpc) is 3.32. The van der Waals surface area contributed by atoms with Crippen molar-refractivity contribution in [1.29, 1.82) is 0 Å². The van der Waals surface area contributed by atoms with Gasteiger partial charge in [-0.2, -0.15) is 0 Å². The summed E-state index contributed by atoms with van der Waals surface area (Å²) in [5.74, 6) is 1.50. The number of carbonyl (C=O) groups excluding carboxylic acids is 1. The number of piperidine rings is 1. The first-order valence-electron chi connectivity index (χ1n) is 14.3. The maximum absolute atomic E-state index is 13.4. The first kappa shape index (κ1) is 24.6. The SMILES string of the molecule is CN(C(=O)C=Cc1ccccc1)[C@@H]1CC[C@H]2[C@H]3Cc4cccc5c4[C@@]2(CCN3CC(O)c2ccccc2)[C@H]1O5. The lowest BCUT2D eigenvalue weighted by Crippen LogP contribution is -2.69. The van der Waals surface area contributed by atoms with Crippen LogP contribution in [0.3, 0.4) is 0 Å². The van der Waals surface area contributed by atoms with Gasteiger partial charge in [0.2, 0.25) is 5.91 Å². The van der Waals surface area contributed by atoms with E-state index in [0.717, 1.165) is 49.1 Å². The molecule has 7 rings (SSSR count). The summed E-state index contributed by atoms with van der Waals surface area (Å²) in [7, 11) is 1.94. The highest BCUT2D eigenvalue weighted by atomic mass is 16.5. The lowest BCUT2D eigenvalue weighted by Gasteiger charge is -2.60. The topological polar surface area (TPSA) is 53.0 Å². The molecule has 1 amide bonds. The fourth-order valence-electron chi connectivity index (χ4n) is 8.21. The molecule has 2 bridgehead atoms. The number of aliphatic hydroxyl groups is 1. The van der Waals surface area contributed by atoms with Gasteiger partial charge >= 0.3 is 0 Å². The number of likely N-dealkylation sites (N-methyl/N-ethyl adjacent to an activating group) is 1. The minimum atomic E-state index is -0.500. The molecular formula is C34H36N2O3. The van der Waals surface area contributed by atoms with Crippen LogP contribution in [0.15, 0.2) is 84.9 Å². The zero-order valence-corrected chi connectivity index (χ0v) is 22.4. The Kier molecular flexibility index (Phi) is 6.09. The summed E-state index contributed by atoms with van der Waals surface area (Å²) < 4.78 is 6.83. The molecule has 1 unspecified atom stereocenters. The van der Waals surface area contributed by atoms with Crippen molar-refractivity contribution in [1.82, 2.24) is 9.80 Å². The Labute approximate surface area is 230 Å². The van der Waals surface area contributed by atoms with Crippen LogP contribution < -0.4 is 4.74 Å². The smallest absolute Gasteiger partial charge is 0.246 e.